The van der Waals surface area contributed by atoms with Crippen molar-refractivity contribution in [3.05, 3.63) is 77.7 Å². The molecule has 3 N–H and O–H groups in total. The third kappa shape index (κ3) is 7.14. The predicted molar refractivity (Wildman–Crippen MR) is 142 cm³/mol. The fourth-order valence-corrected chi connectivity index (χ4v) is 3.32. The summed E-state index contributed by atoms with van der Waals surface area (Å²) in [5, 5.41) is 9.42. The van der Waals surface area contributed by atoms with Crippen LogP contribution in [0.15, 0.2) is 70.3 Å². The first-order chi connectivity index (χ1) is 16.2. The van der Waals surface area contributed by atoms with E-state index >= 15 is 0 Å². The number of hydrogen-bond donors (Lipinski definition) is 3. The van der Waals surface area contributed by atoms with E-state index in [1.54, 1.807) is 12.1 Å². The molecule has 2 aromatic carbocycles. The second kappa shape index (κ2) is 12.9. The van der Waals surface area contributed by atoms with Gasteiger partial charge in [0.1, 0.15) is 0 Å². The Morgan fingerprint density at radius 2 is 1.76 bits per heavy atom. The molecule has 0 fully saturated rings. The zero-order chi connectivity index (χ0) is 22.9. The molecule has 0 spiro atoms. The Balaban J connectivity index is 0.00000324. The first-order valence-corrected chi connectivity index (χ1v) is 11.0. The number of carbonyl (C=O) groups excluding carboxylic acids is 1. The number of anilines is 1. The minimum absolute atomic E-state index is 0. The molecule has 8 nitrogen and oxygen atoms in total. The number of halogens is 1. The lowest BCUT2D eigenvalue weighted by Crippen LogP contribution is -2.37. The molecular weight excluding hydrogens is 547 g/mol. The fraction of sp³-hybridized carbons (Fsp3) is 0.280. The molecule has 0 saturated heterocycles. The third-order valence-corrected chi connectivity index (χ3v) is 5.13. The number of nitrogens with one attached hydrogen (secondary N) is 3. The van der Waals surface area contributed by atoms with Crippen LogP contribution in [0.2, 0.25) is 0 Å². The Morgan fingerprint density at radius 1 is 0.971 bits per heavy atom. The van der Waals surface area contributed by atoms with E-state index in [1.807, 2.05) is 30.3 Å². The topological polar surface area (TPSA) is 97.1 Å². The Hall–Kier alpha value is -3.21. The van der Waals surface area contributed by atoms with Gasteiger partial charge in [0.05, 0.1) is 26.0 Å². The lowest BCUT2D eigenvalue weighted by molar-refractivity contribution is 0.0926. The van der Waals surface area contributed by atoms with Gasteiger partial charge in [-0.2, -0.15) is 0 Å². The molecule has 34 heavy (non-hydrogen) atoms. The summed E-state index contributed by atoms with van der Waals surface area (Å²) in [5.41, 5.74) is 3.15. The summed E-state index contributed by atoms with van der Waals surface area (Å²) in [7, 11) is 0. The number of ether oxygens (including phenoxy) is 2. The fourth-order valence-electron chi connectivity index (χ4n) is 3.32. The molecule has 0 aliphatic carbocycles. The number of guanidine groups is 1. The minimum atomic E-state index is -0.254. The zero-order valence-electron chi connectivity index (χ0n) is 19.0. The molecule has 0 unspecified atom stereocenters. The van der Waals surface area contributed by atoms with Crippen molar-refractivity contribution < 1.29 is 18.7 Å². The lowest BCUT2D eigenvalue weighted by Gasteiger charge is -2.15. The monoisotopic (exact) mass is 576 g/mol. The van der Waals surface area contributed by atoms with E-state index in [1.165, 1.54) is 11.8 Å². The van der Waals surface area contributed by atoms with Crippen LogP contribution in [0.5, 0.6) is 11.5 Å². The van der Waals surface area contributed by atoms with Crippen molar-refractivity contribution >= 4 is 41.5 Å². The summed E-state index contributed by atoms with van der Waals surface area (Å²) in [6.45, 7) is 4.75. The number of benzene rings is 2. The van der Waals surface area contributed by atoms with Crippen molar-refractivity contribution in [1.82, 2.24) is 10.6 Å². The van der Waals surface area contributed by atoms with E-state index in [9.17, 15) is 4.79 Å². The smallest absolute Gasteiger partial charge is 0.287 e. The highest BCUT2D eigenvalue weighted by molar-refractivity contribution is 14.0. The van der Waals surface area contributed by atoms with Gasteiger partial charge in [0.15, 0.2) is 23.2 Å². The number of hydrogen-bond acceptors (Lipinski definition) is 5. The maximum Gasteiger partial charge on any atom is 0.287 e. The Labute approximate surface area is 216 Å². The summed E-state index contributed by atoms with van der Waals surface area (Å²) in [4.78, 5) is 16.8. The van der Waals surface area contributed by atoms with Gasteiger partial charge in [-0.1, -0.05) is 24.3 Å². The Bertz CT molecular complexity index is 1100. The molecule has 1 aromatic heterocycles. The molecule has 4 rings (SSSR count). The number of aryl methyl sites for hydroxylation is 1. The highest BCUT2D eigenvalue weighted by Crippen LogP contribution is 2.32. The van der Waals surface area contributed by atoms with Gasteiger partial charge in [-0.25, -0.2) is 4.99 Å². The van der Waals surface area contributed by atoms with Crippen LogP contribution in [0.3, 0.4) is 0 Å². The second-order valence-electron chi connectivity index (χ2n) is 7.59. The van der Waals surface area contributed by atoms with Crippen LogP contribution in [0.4, 0.5) is 5.69 Å². The van der Waals surface area contributed by atoms with Gasteiger partial charge in [-0.05, 0) is 42.3 Å². The molecule has 1 aliphatic rings. The molecule has 0 bridgehead atoms. The van der Waals surface area contributed by atoms with Crippen molar-refractivity contribution in [2.24, 2.45) is 4.99 Å². The van der Waals surface area contributed by atoms with Crippen LogP contribution in [0, 0.1) is 6.92 Å². The number of aliphatic imine (C=N–C) groups is 1. The van der Waals surface area contributed by atoms with Crippen LogP contribution in [0.25, 0.3) is 0 Å². The highest BCUT2D eigenvalue weighted by atomic mass is 127. The van der Waals surface area contributed by atoms with E-state index in [2.05, 4.69) is 35.0 Å². The van der Waals surface area contributed by atoms with Crippen molar-refractivity contribution in [3.8, 4) is 11.5 Å². The minimum Gasteiger partial charge on any atom is -0.490 e. The van der Waals surface area contributed by atoms with Crippen LogP contribution in [0.1, 0.15) is 28.1 Å². The van der Waals surface area contributed by atoms with E-state index in [0.717, 1.165) is 23.4 Å². The molecule has 0 saturated carbocycles. The van der Waals surface area contributed by atoms with E-state index < -0.39 is 0 Å². The van der Waals surface area contributed by atoms with Crippen molar-refractivity contribution in [2.45, 2.75) is 19.9 Å². The van der Waals surface area contributed by atoms with Crippen molar-refractivity contribution in [3.63, 3.8) is 0 Å². The number of carbonyl (C=O) groups is 1. The molecule has 2 heterocycles. The van der Waals surface area contributed by atoms with Gasteiger partial charge in [-0.3, -0.25) is 4.79 Å². The number of fused-ring (bicyclic) bond motifs is 1. The van der Waals surface area contributed by atoms with Crippen molar-refractivity contribution in [2.75, 3.05) is 31.6 Å². The van der Waals surface area contributed by atoms with Gasteiger partial charge in [0, 0.05) is 31.3 Å². The molecular formula is C25H29IN4O4. The van der Waals surface area contributed by atoms with Gasteiger partial charge >= 0.3 is 0 Å². The van der Waals surface area contributed by atoms with Crippen LogP contribution in [-0.4, -0.2) is 38.2 Å². The second-order valence-corrected chi connectivity index (χ2v) is 7.59. The number of furan rings is 1. The lowest BCUT2D eigenvalue weighted by atomic mass is 10.1. The standard InChI is InChI=1S/C25H28N4O4.HI/c1-18-6-2-3-7-19(18)17-28-25(27-12-11-26-24(30)22-8-4-13-32-22)29-20-9-10-21-23(16-20)33-15-5-14-31-21;/h2-4,6-10,13,16H,5,11-12,14-15,17H2,1H3,(H,26,30)(H2,27,28,29);1H. The average Bonchev–Trinajstić information content (AvgIpc) is 3.27. The van der Waals surface area contributed by atoms with Crippen LogP contribution < -0.4 is 25.4 Å². The van der Waals surface area contributed by atoms with E-state index in [4.69, 9.17) is 18.9 Å². The van der Waals surface area contributed by atoms with Gasteiger partial charge in [-0.15, -0.1) is 24.0 Å². The van der Waals surface area contributed by atoms with Gasteiger partial charge in [0.2, 0.25) is 0 Å². The largest absolute Gasteiger partial charge is 0.490 e. The third-order valence-electron chi connectivity index (χ3n) is 5.13. The molecule has 3 aromatic rings. The van der Waals surface area contributed by atoms with Crippen molar-refractivity contribution in [1.29, 1.82) is 0 Å². The SMILES string of the molecule is Cc1ccccc1CN=C(NCCNC(=O)c1ccco1)Nc1ccc2c(c1)OCCCO2.I. The maximum absolute atomic E-state index is 12.0. The van der Waals surface area contributed by atoms with Gasteiger partial charge < -0.3 is 29.8 Å². The summed E-state index contributed by atoms with van der Waals surface area (Å²) in [5.74, 6) is 2.08. The number of rotatable bonds is 7. The summed E-state index contributed by atoms with van der Waals surface area (Å²) in [6, 6.07) is 17.2. The Morgan fingerprint density at radius 3 is 2.56 bits per heavy atom. The molecule has 0 atom stereocenters. The quantitative estimate of drug-likeness (QED) is 0.168. The van der Waals surface area contributed by atoms with Crippen LogP contribution >= 0.6 is 24.0 Å². The maximum atomic E-state index is 12.0. The molecule has 1 aliphatic heterocycles. The molecule has 1 amide bonds. The normalized spacial score (nSPS) is 12.8. The number of nitrogens with zero attached hydrogens (tertiary/aromatic N) is 1. The van der Waals surface area contributed by atoms with E-state index in [0.29, 0.717) is 44.6 Å². The highest BCUT2D eigenvalue weighted by Gasteiger charge is 2.12. The summed E-state index contributed by atoms with van der Waals surface area (Å²) >= 11 is 0. The summed E-state index contributed by atoms with van der Waals surface area (Å²) in [6.07, 6.45) is 2.33. The molecule has 0 radical (unpaired) electrons. The van der Waals surface area contributed by atoms with E-state index in [-0.39, 0.29) is 35.6 Å². The first-order valence-electron chi connectivity index (χ1n) is 11.0. The Kier molecular flexibility index (Phi) is 9.62. The number of amides is 1. The summed E-state index contributed by atoms with van der Waals surface area (Å²) < 4.78 is 16.6. The zero-order valence-corrected chi connectivity index (χ0v) is 21.3. The van der Waals surface area contributed by atoms with Gasteiger partial charge in [0.25, 0.3) is 5.91 Å². The average molecular weight is 576 g/mol. The predicted octanol–water partition coefficient (Wildman–Crippen LogP) is 4.36. The van der Waals surface area contributed by atoms with Crippen LogP contribution in [-0.2, 0) is 6.54 Å². The molecule has 180 valence electrons. The first kappa shape index (κ1) is 25.4. The molecule has 9 heteroatoms.